The van der Waals surface area contributed by atoms with Crippen molar-refractivity contribution in [2.75, 3.05) is 21.3 Å². The molecule has 6 heteroatoms. The predicted octanol–water partition coefficient (Wildman–Crippen LogP) is 4.70. The van der Waals surface area contributed by atoms with Crippen LogP contribution in [0.3, 0.4) is 0 Å². The van der Waals surface area contributed by atoms with Crippen molar-refractivity contribution in [1.82, 2.24) is 0 Å². The Bertz CT molecular complexity index is 1030. The lowest BCUT2D eigenvalue weighted by Crippen LogP contribution is -2.04. The first kappa shape index (κ1) is 21.9. The number of esters is 1. The Hall–Kier alpha value is -3.77. The van der Waals surface area contributed by atoms with Gasteiger partial charge in [0.1, 0.15) is 23.0 Å². The number of carbonyl (C=O) groups excluding carboxylic acids is 1. The summed E-state index contributed by atoms with van der Waals surface area (Å²) in [5, 5.41) is 9.13. The normalized spacial score (nSPS) is 11.0. The number of hydrogen-bond acceptors (Lipinski definition) is 6. The van der Waals surface area contributed by atoms with Crippen LogP contribution in [0, 0.1) is 0 Å². The lowest BCUT2D eigenvalue weighted by atomic mass is 10.0. The van der Waals surface area contributed by atoms with Crippen LogP contribution in [0.4, 0.5) is 0 Å². The van der Waals surface area contributed by atoms with E-state index in [4.69, 9.17) is 24.1 Å². The third kappa shape index (κ3) is 5.65. The van der Waals surface area contributed by atoms with Crippen LogP contribution in [-0.4, -0.2) is 32.4 Å². The molecule has 0 amide bonds. The van der Waals surface area contributed by atoms with E-state index in [2.05, 4.69) is 0 Å². The van der Waals surface area contributed by atoms with Crippen LogP contribution < -0.4 is 14.2 Å². The molecular weight excluding hydrogens is 396 g/mol. The maximum atomic E-state index is 12.5. The number of ether oxygens (including phenoxy) is 4. The van der Waals surface area contributed by atoms with Crippen molar-refractivity contribution < 1.29 is 28.8 Å². The number of carbonyl (C=O) groups is 1. The predicted molar refractivity (Wildman–Crippen MR) is 118 cm³/mol. The van der Waals surface area contributed by atoms with E-state index in [1.54, 1.807) is 87.0 Å². The molecular formula is C25H24O6. The van der Waals surface area contributed by atoms with Crippen molar-refractivity contribution in [1.29, 1.82) is 0 Å². The third-order valence-corrected chi connectivity index (χ3v) is 4.60. The van der Waals surface area contributed by atoms with Gasteiger partial charge in [-0.25, -0.2) is 4.79 Å². The van der Waals surface area contributed by atoms with Gasteiger partial charge in [-0.3, -0.25) is 0 Å². The van der Waals surface area contributed by atoms with Gasteiger partial charge in [-0.05, 0) is 59.2 Å². The molecule has 0 aromatic heterocycles. The molecule has 31 heavy (non-hydrogen) atoms. The summed E-state index contributed by atoms with van der Waals surface area (Å²) in [4.78, 5) is 12.5. The van der Waals surface area contributed by atoms with E-state index in [1.165, 1.54) is 7.11 Å². The second-order valence-corrected chi connectivity index (χ2v) is 6.62. The van der Waals surface area contributed by atoms with Crippen LogP contribution >= 0.6 is 0 Å². The highest BCUT2D eigenvalue weighted by atomic mass is 16.5. The molecule has 0 radical (unpaired) electrons. The van der Waals surface area contributed by atoms with Gasteiger partial charge in [0.15, 0.2) is 0 Å². The van der Waals surface area contributed by atoms with Crippen molar-refractivity contribution in [2.45, 2.75) is 6.61 Å². The Labute approximate surface area is 181 Å². The number of aliphatic hydroxyl groups is 1. The molecule has 3 rings (SSSR count). The van der Waals surface area contributed by atoms with Gasteiger partial charge in [0.05, 0.1) is 33.5 Å². The molecule has 0 saturated carbocycles. The molecule has 0 bridgehead atoms. The van der Waals surface area contributed by atoms with E-state index in [-0.39, 0.29) is 6.61 Å². The standard InChI is InChI=1S/C25H24O6/c1-28-22-12-18(13-23(15-22)29-2)14-24(25(27)30-3)19-6-10-21(11-7-19)31-20-8-4-17(16-26)5-9-20/h4-15,26H,16H2,1-3H3. The molecule has 0 atom stereocenters. The Morgan fingerprint density at radius 1 is 0.806 bits per heavy atom. The fourth-order valence-electron chi connectivity index (χ4n) is 2.95. The SMILES string of the molecule is COC(=O)C(=Cc1cc(OC)cc(OC)c1)c1ccc(Oc2ccc(CO)cc2)cc1. The average Bonchev–Trinajstić information content (AvgIpc) is 2.82. The minimum atomic E-state index is -0.463. The molecule has 0 spiro atoms. The molecule has 0 aliphatic rings. The number of benzene rings is 3. The summed E-state index contributed by atoms with van der Waals surface area (Å²) in [6.45, 7) is -0.0171. The van der Waals surface area contributed by atoms with Gasteiger partial charge in [0.2, 0.25) is 0 Å². The molecule has 0 unspecified atom stereocenters. The van der Waals surface area contributed by atoms with Crippen molar-refractivity contribution in [3.63, 3.8) is 0 Å². The summed E-state index contributed by atoms with van der Waals surface area (Å²) in [5.74, 6) is 2.04. The maximum absolute atomic E-state index is 12.5. The van der Waals surface area contributed by atoms with E-state index in [9.17, 15) is 4.79 Å². The molecule has 160 valence electrons. The van der Waals surface area contributed by atoms with Crippen LogP contribution in [-0.2, 0) is 16.1 Å². The van der Waals surface area contributed by atoms with Gasteiger partial charge in [0.25, 0.3) is 0 Å². The van der Waals surface area contributed by atoms with E-state index in [1.807, 2.05) is 0 Å². The first-order valence-corrected chi connectivity index (χ1v) is 9.57. The van der Waals surface area contributed by atoms with E-state index in [0.717, 1.165) is 11.1 Å². The summed E-state index contributed by atoms with van der Waals surface area (Å²) < 4.78 is 21.4. The first-order chi connectivity index (χ1) is 15.1. The van der Waals surface area contributed by atoms with Gasteiger partial charge in [0, 0.05) is 6.07 Å². The van der Waals surface area contributed by atoms with Crippen molar-refractivity contribution in [3.05, 3.63) is 83.4 Å². The average molecular weight is 420 g/mol. The zero-order valence-electron chi connectivity index (χ0n) is 17.6. The molecule has 0 heterocycles. The van der Waals surface area contributed by atoms with Crippen LogP contribution in [0.5, 0.6) is 23.0 Å². The monoisotopic (exact) mass is 420 g/mol. The van der Waals surface area contributed by atoms with Crippen LogP contribution in [0.2, 0.25) is 0 Å². The number of aliphatic hydroxyl groups excluding tert-OH is 1. The van der Waals surface area contributed by atoms with Crippen molar-refractivity contribution in [2.24, 2.45) is 0 Å². The number of hydrogen-bond donors (Lipinski definition) is 1. The quantitative estimate of drug-likeness (QED) is 0.323. The van der Waals surface area contributed by atoms with Gasteiger partial charge in [-0.2, -0.15) is 0 Å². The summed E-state index contributed by atoms with van der Waals surface area (Å²) in [6, 6.07) is 19.7. The molecule has 0 aliphatic carbocycles. The molecule has 0 aliphatic heterocycles. The third-order valence-electron chi connectivity index (χ3n) is 4.60. The zero-order chi connectivity index (χ0) is 22.2. The van der Waals surface area contributed by atoms with Gasteiger partial charge in [-0.15, -0.1) is 0 Å². The molecule has 3 aromatic carbocycles. The van der Waals surface area contributed by atoms with Gasteiger partial charge >= 0.3 is 5.97 Å². The minimum Gasteiger partial charge on any atom is -0.497 e. The zero-order valence-corrected chi connectivity index (χ0v) is 17.6. The fourth-order valence-corrected chi connectivity index (χ4v) is 2.95. The Morgan fingerprint density at radius 2 is 1.35 bits per heavy atom. The second kappa shape index (κ2) is 10.3. The maximum Gasteiger partial charge on any atom is 0.338 e. The smallest absolute Gasteiger partial charge is 0.338 e. The fraction of sp³-hybridized carbons (Fsp3) is 0.160. The van der Waals surface area contributed by atoms with Gasteiger partial charge in [-0.1, -0.05) is 24.3 Å². The lowest BCUT2D eigenvalue weighted by Gasteiger charge is -2.10. The lowest BCUT2D eigenvalue weighted by molar-refractivity contribution is -0.133. The van der Waals surface area contributed by atoms with Crippen molar-refractivity contribution in [3.8, 4) is 23.0 Å². The highest BCUT2D eigenvalue weighted by molar-refractivity contribution is 6.21. The summed E-state index contributed by atoms with van der Waals surface area (Å²) in [7, 11) is 4.48. The Morgan fingerprint density at radius 3 is 1.84 bits per heavy atom. The van der Waals surface area contributed by atoms with E-state index in [0.29, 0.717) is 34.1 Å². The summed E-state index contributed by atoms with van der Waals surface area (Å²) >= 11 is 0. The van der Waals surface area contributed by atoms with Crippen LogP contribution in [0.25, 0.3) is 11.6 Å². The van der Waals surface area contributed by atoms with Crippen LogP contribution in [0.15, 0.2) is 66.7 Å². The van der Waals surface area contributed by atoms with E-state index < -0.39 is 5.97 Å². The molecule has 0 saturated heterocycles. The number of rotatable bonds is 8. The molecule has 6 nitrogen and oxygen atoms in total. The Balaban J connectivity index is 1.89. The second-order valence-electron chi connectivity index (χ2n) is 6.62. The molecule has 1 N–H and O–H groups in total. The Kier molecular flexibility index (Phi) is 7.30. The first-order valence-electron chi connectivity index (χ1n) is 9.57. The highest BCUT2D eigenvalue weighted by Gasteiger charge is 2.14. The topological polar surface area (TPSA) is 74.2 Å². The molecule has 3 aromatic rings. The summed E-state index contributed by atoms with van der Waals surface area (Å²) in [6.07, 6.45) is 1.72. The van der Waals surface area contributed by atoms with E-state index >= 15 is 0 Å². The number of methoxy groups -OCH3 is 3. The van der Waals surface area contributed by atoms with Gasteiger partial charge < -0.3 is 24.1 Å². The summed E-state index contributed by atoms with van der Waals surface area (Å²) in [5.41, 5.74) is 2.61. The minimum absolute atomic E-state index is 0.0171. The molecule has 0 fully saturated rings. The van der Waals surface area contributed by atoms with Crippen LogP contribution in [0.1, 0.15) is 16.7 Å². The van der Waals surface area contributed by atoms with Crippen molar-refractivity contribution >= 4 is 17.6 Å². The highest BCUT2D eigenvalue weighted by Crippen LogP contribution is 2.28. The largest absolute Gasteiger partial charge is 0.497 e.